The molecule has 0 amide bonds. The molecule has 3 heterocycles. The van der Waals surface area contributed by atoms with Crippen molar-refractivity contribution in [2.75, 3.05) is 0 Å². The van der Waals surface area contributed by atoms with E-state index in [1.165, 1.54) is 0 Å². The van der Waals surface area contributed by atoms with Crippen molar-refractivity contribution in [3.63, 3.8) is 0 Å². The first kappa shape index (κ1) is 11.6. The van der Waals surface area contributed by atoms with Gasteiger partial charge in [0.2, 0.25) is 0 Å². The van der Waals surface area contributed by atoms with Crippen molar-refractivity contribution in [3.05, 3.63) is 46.4 Å². The van der Waals surface area contributed by atoms with E-state index in [-0.39, 0.29) is 6.61 Å². The van der Waals surface area contributed by atoms with Crippen LogP contribution in [0.15, 0.2) is 35.1 Å². The molecule has 3 rings (SSSR count). The Morgan fingerprint density at radius 2 is 2.22 bits per heavy atom. The van der Waals surface area contributed by atoms with E-state index in [2.05, 4.69) is 4.98 Å². The quantitative estimate of drug-likeness (QED) is 0.784. The molecule has 0 bridgehead atoms. The molecule has 1 N–H and O–H groups in total. The van der Waals surface area contributed by atoms with Crippen LogP contribution in [-0.4, -0.2) is 14.5 Å². The fourth-order valence-corrected chi connectivity index (χ4v) is 2.40. The summed E-state index contributed by atoms with van der Waals surface area (Å²) >= 11 is 12.0. The average molecular weight is 283 g/mol. The summed E-state index contributed by atoms with van der Waals surface area (Å²) in [6.45, 7) is -0.187. The zero-order valence-corrected chi connectivity index (χ0v) is 10.6. The number of nitrogens with zero attached hydrogens (tertiary/aromatic N) is 2. The Hall–Kier alpha value is -1.49. The third-order valence-electron chi connectivity index (χ3n) is 2.65. The van der Waals surface area contributed by atoms with Crippen LogP contribution in [0.1, 0.15) is 5.69 Å². The third-order valence-corrected chi connectivity index (χ3v) is 3.13. The van der Waals surface area contributed by atoms with Gasteiger partial charge in [0, 0.05) is 6.20 Å². The first-order chi connectivity index (χ1) is 8.70. The number of aromatic nitrogens is 2. The molecule has 3 aromatic heterocycles. The van der Waals surface area contributed by atoms with Crippen molar-refractivity contribution in [3.8, 4) is 11.5 Å². The van der Waals surface area contributed by atoms with Crippen molar-refractivity contribution >= 4 is 28.8 Å². The van der Waals surface area contributed by atoms with Crippen LogP contribution in [0.4, 0.5) is 0 Å². The summed E-state index contributed by atoms with van der Waals surface area (Å²) in [6.07, 6.45) is 3.21. The highest BCUT2D eigenvalue weighted by Gasteiger charge is 2.17. The maximum Gasteiger partial charge on any atom is 0.156 e. The first-order valence-corrected chi connectivity index (χ1v) is 5.97. The van der Waals surface area contributed by atoms with Crippen LogP contribution in [0.5, 0.6) is 0 Å². The van der Waals surface area contributed by atoms with Gasteiger partial charge < -0.3 is 9.52 Å². The first-order valence-electron chi connectivity index (χ1n) is 5.21. The van der Waals surface area contributed by atoms with Crippen LogP contribution in [0.25, 0.3) is 17.1 Å². The fraction of sp³-hybridized carbons (Fsp3) is 0.0833. The van der Waals surface area contributed by atoms with Gasteiger partial charge in [-0.2, -0.15) is 0 Å². The molecule has 0 unspecified atom stereocenters. The van der Waals surface area contributed by atoms with Crippen LogP contribution in [0.3, 0.4) is 0 Å². The van der Waals surface area contributed by atoms with Gasteiger partial charge in [0.05, 0.1) is 28.6 Å². The maximum absolute atomic E-state index is 9.50. The summed E-state index contributed by atoms with van der Waals surface area (Å²) < 4.78 is 6.97. The van der Waals surface area contributed by atoms with E-state index in [0.29, 0.717) is 32.8 Å². The molecule has 92 valence electrons. The predicted octanol–water partition coefficient (Wildman–Crippen LogP) is 3.39. The van der Waals surface area contributed by atoms with Gasteiger partial charge in [0.25, 0.3) is 0 Å². The molecule has 0 saturated heterocycles. The third kappa shape index (κ3) is 1.70. The lowest BCUT2D eigenvalue weighted by molar-refractivity contribution is 0.276. The predicted molar refractivity (Wildman–Crippen MR) is 68.8 cm³/mol. The smallest absolute Gasteiger partial charge is 0.156 e. The summed E-state index contributed by atoms with van der Waals surface area (Å²) in [5.74, 6) is 0.579. The van der Waals surface area contributed by atoms with Gasteiger partial charge in [-0.1, -0.05) is 23.2 Å². The lowest BCUT2D eigenvalue weighted by Crippen LogP contribution is -1.94. The molecule has 0 aliphatic rings. The van der Waals surface area contributed by atoms with E-state index in [4.69, 9.17) is 27.6 Å². The van der Waals surface area contributed by atoms with Crippen LogP contribution in [0.2, 0.25) is 10.0 Å². The molecule has 0 aliphatic heterocycles. The summed E-state index contributed by atoms with van der Waals surface area (Å²) in [5.41, 5.74) is 1.69. The van der Waals surface area contributed by atoms with E-state index in [1.54, 1.807) is 35.1 Å². The molecule has 6 heteroatoms. The number of fused-ring (bicyclic) bond motifs is 1. The SMILES string of the molecule is OCc1c(-c2ccco2)nc2c(Cl)cc(Cl)cn12. The van der Waals surface area contributed by atoms with E-state index in [9.17, 15) is 5.11 Å². The summed E-state index contributed by atoms with van der Waals surface area (Å²) in [5, 5.41) is 10.4. The summed E-state index contributed by atoms with van der Waals surface area (Å²) in [6, 6.07) is 5.14. The number of furan rings is 1. The zero-order valence-electron chi connectivity index (χ0n) is 9.10. The highest BCUT2D eigenvalue weighted by atomic mass is 35.5. The number of aliphatic hydroxyl groups excluding tert-OH is 1. The molecule has 0 saturated carbocycles. The number of aliphatic hydroxyl groups is 1. The van der Waals surface area contributed by atoms with Gasteiger partial charge in [-0.05, 0) is 18.2 Å². The van der Waals surface area contributed by atoms with Crippen molar-refractivity contribution in [1.82, 2.24) is 9.38 Å². The monoisotopic (exact) mass is 282 g/mol. The lowest BCUT2D eigenvalue weighted by Gasteiger charge is -2.01. The molecule has 0 aliphatic carbocycles. The molecular weight excluding hydrogens is 275 g/mol. The Kier molecular flexibility index (Phi) is 2.78. The van der Waals surface area contributed by atoms with Crippen molar-refractivity contribution in [2.45, 2.75) is 6.61 Å². The Bertz CT molecular complexity index is 705. The van der Waals surface area contributed by atoms with Crippen LogP contribution in [0, 0.1) is 0 Å². The van der Waals surface area contributed by atoms with Gasteiger partial charge in [0.15, 0.2) is 11.4 Å². The number of halogens is 2. The molecular formula is C12H8Cl2N2O2. The van der Waals surface area contributed by atoms with Gasteiger partial charge in [-0.3, -0.25) is 4.40 Å². The van der Waals surface area contributed by atoms with Crippen molar-refractivity contribution in [2.24, 2.45) is 0 Å². The minimum absolute atomic E-state index is 0.187. The average Bonchev–Trinajstić information content (AvgIpc) is 2.93. The highest BCUT2D eigenvalue weighted by Crippen LogP contribution is 2.29. The molecule has 0 spiro atoms. The molecule has 0 radical (unpaired) electrons. The van der Waals surface area contributed by atoms with E-state index >= 15 is 0 Å². The second-order valence-electron chi connectivity index (χ2n) is 3.74. The second-order valence-corrected chi connectivity index (χ2v) is 4.59. The Balaban J connectivity index is 2.37. The van der Waals surface area contributed by atoms with Crippen molar-refractivity contribution in [1.29, 1.82) is 0 Å². The van der Waals surface area contributed by atoms with E-state index in [0.717, 1.165) is 0 Å². The van der Waals surface area contributed by atoms with Crippen LogP contribution in [-0.2, 0) is 6.61 Å². The number of rotatable bonds is 2. The fourth-order valence-electron chi connectivity index (χ4n) is 1.88. The number of pyridine rings is 1. The second kappa shape index (κ2) is 4.31. The van der Waals surface area contributed by atoms with E-state index in [1.807, 2.05) is 0 Å². The molecule has 0 aromatic carbocycles. The Labute approximate surface area is 112 Å². The highest BCUT2D eigenvalue weighted by molar-refractivity contribution is 6.36. The van der Waals surface area contributed by atoms with Crippen molar-refractivity contribution < 1.29 is 9.52 Å². The Morgan fingerprint density at radius 1 is 1.39 bits per heavy atom. The van der Waals surface area contributed by atoms with E-state index < -0.39 is 0 Å². The molecule has 18 heavy (non-hydrogen) atoms. The largest absolute Gasteiger partial charge is 0.463 e. The standard InChI is InChI=1S/C12H8Cl2N2O2/c13-7-4-8(14)12-15-11(10-2-1-3-18-10)9(6-17)16(12)5-7/h1-5,17H,6H2. The minimum atomic E-state index is -0.187. The number of hydrogen-bond acceptors (Lipinski definition) is 3. The van der Waals surface area contributed by atoms with Gasteiger partial charge >= 0.3 is 0 Å². The maximum atomic E-state index is 9.50. The molecule has 0 atom stereocenters. The number of hydrogen-bond donors (Lipinski definition) is 1. The summed E-state index contributed by atoms with van der Waals surface area (Å²) in [7, 11) is 0. The number of imidazole rings is 1. The normalized spacial score (nSPS) is 11.3. The zero-order chi connectivity index (χ0) is 12.7. The lowest BCUT2D eigenvalue weighted by atomic mass is 10.2. The van der Waals surface area contributed by atoms with Gasteiger partial charge in [0.1, 0.15) is 5.69 Å². The molecule has 4 nitrogen and oxygen atoms in total. The van der Waals surface area contributed by atoms with Gasteiger partial charge in [-0.15, -0.1) is 0 Å². The summed E-state index contributed by atoms with van der Waals surface area (Å²) in [4.78, 5) is 4.39. The Morgan fingerprint density at radius 3 is 2.89 bits per heavy atom. The topological polar surface area (TPSA) is 50.7 Å². The molecule has 3 aromatic rings. The molecule has 0 fully saturated rings. The van der Waals surface area contributed by atoms with Crippen LogP contribution >= 0.6 is 23.2 Å². The minimum Gasteiger partial charge on any atom is -0.463 e. The van der Waals surface area contributed by atoms with Crippen LogP contribution < -0.4 is 0 Å². The van der Waals surface area contributed by atoms with Gasteiger partial charge in [-0.25, -0.2) is 4.98 Å².